The molecule has 9 heteroatoms. The molecule has 0 fully saturated rings. The van der Waals surface area contributed by atoms with Crippen LogP contribution in [0, 0.1) is 0 Å². The number of carbonyl (C=O) groups is 1. The van der Waals surface area contributed by atoms with Gasteiger partial charge in [-0.3, -0.25) is 9.36 Å². The maximum Gasteiger partial charge on any atom is 0.268 e. The molecule has 3 unspecified atom stereocenters. The number of unbranched alkanes of at least 4 members (excludes halogenated alkanes) is 35. The lowest BCUT2D eigenvalue weighted by molar-refractivity contribution is -0.870. The maximum absolute atomic E-state index is 12.9. The number of hydrogen-bond acceptors (Lipinski definition) is 6. The standard InChI is InChI=1S/C53H107N2O6P/c1-6-8-10-12-14-16-18-20-22-24-25-26-27-28-29-31-33-35-37-39-41-43-45-47-53(57)54-51(50-61-62(58,59)60-49-48-55(3,4)5)52(56)46-44-42-40-38-36-34-32-30-23-21-19-17-15-13-11-9-7-2/h28-29,51-52,56H,6-27,30-50H2,1-5H3,(H-,54,57,58,59)/b29-28-. The largest absolute Gasteiger partial charge is 0.756 e. The second-order valence-corrected chi connectivity index (χ2v) is 21.4. The Morgan fingerprint density at radius 2 is 0.887 bits per heavy atom. The number of phosphoric acid groups is 1. The van der Waals surface area contributed by atoms with Crippen molar-refractivity contribution >= 4 is 13.7 Å². The third-order valence-electron chi connectivity index (χ3n) is 12.5. The van der Waals surface area contributed by atoms with Crippen molar-refractivity contribution in [3.63, 3.8) is 0 Å². The van der Waals surface area contributed by atoms with Gasteiger partial charge in [0.15, 0.2) is 0 Å². The highest BCUT2D eigenvalue weighted by molar-refractivity contribution is 7.45. The molecule has 8 nitrogen and oxygen atoms in total. The summed E-state index contributed by atoms with van der Waals surface area (Å²) in [4.78, 5) is 25.5. The molecule has 1 amide bonds. The number of aliphatic hydroxyl groups excluding tert-OH is 1. The molecule has 0 aliphatic rings. The first-order valence-corrected chi connectivity index (χ1v) is 28.5. The number of rotatable bonds is 50. The summed E-state index contributed by atoms with van der Waals surface area (Å²) >= 11 is 0. The van der Waals surface area contributed by atoms with Crippen LogP contribution in [0.1, 0.15) is 271 Å². The fourth-order valence-electron chi connectivity index (χ4n) is 8.21. The maximum atomic E-state index is 12.9. The highest BCUT2D eigenvalue weighted by atomic mass is 31.2. The zero-order chi connectivity index (χ0) is 45.7. The quantitative estimate of drug-likeness (QED) is 0.0272. The SMILES string of the molecule is CCCCCCCCCCCCCC/C=C\CCCCCCCCCC(=O)NC(COP(=O)([O-])OCC[N+](C)(C)C)C(O)CCCCCCCCCCCCCCCCCCC. The van der Waals surface area contributed by atoms with E-state index in [-0.39, 0.29) is 19.1 Å². The van der Waals surface area contributed by atoms with E-state index in [1.54, 1.807) is 0 Å². The second-order valence-electron chi connectivity index (χ2n) is 19.9. The van der Waals surface area contributed by atoms with Gasteiger partial charge in [-0.05, 0) is 38.5 Å². The van der Waals surface area contributed by atoms with Crippen LogP contribution in [0.3, 0.4) is 0 Å². The molecule has 0 aromatic carbocycles. The summed E-state index contributed by atoms with van der Waals surface area (Å²) in [6.45, 7) is 4.76. The van der Waals surface area contributed by atoms with Gasteiger partial charge in [-0.1, -0.05) is 238 Å². The van der Waals surface area contributed by atoms with E-state index in [4.69, 9.17) is 9.05 Å². The molecule has 0 saturated heterocycles. The first-order valence-electron chi connectivity index (χ1n) is 27.0. The van der Waals surface area contributed by atoms with Crippen molar-refractivity contribution < 1.29 is 32.9 Å². The molecule has 370 valence electrons. The molecule has 0 aromatic heterocycles. The molecule has 0 heterocycles. The summed E-state index contributed by atoms with van der Waals surface area (Å²) in [5.74, 6) is -0.165. The molecule has 0 bridgehead atoms. The number of allylic oxidation sites excluding steroid dienone is 2. The lowest BCUT2D eigenvalue weighted by Crippen LogP contribution is -2.46. The summed E-state index contributed by atoms with van der Waals surface area (Å²) in [6, 6.07) is -0.800. The molecular weight excluding hydrogens is 792 g/mol. The lowest BCUT2D eigenvalue weighted by atomic mass is 10.0. The van der Waals surface area contributed by atoms with Crippen molar-refractivity contribution in [2.75, 3.05) is 40.9 Å². The molecule has 0 radical (unpaired) electrons. The number of hydrogen-bond donors (Lipinski definition) is 2. The van der Waals surface area contributed by atoms with Gasteiger partial charge in [0.1, 0.15) is 13.2 Å². The second kappa shape index (κ2) is 45.4. The number of amides is 1. The van der Waals surface area contributed by atoms with Crippen LogP contribution in [0.5, 0.6) is 0 Å². The fraction of sp³-hybridized carbons (Fsp3) is 0.943. The van der Waals surface area contributed by atoms with Gasteiger partial charge in [0.25, 0.3) is 7.82 Å². The van der Waals surface area contributed by atoms with Gasteiger partial charge in [-0.2, -0.15) is 0 Å². The highest BCUT2D eigenvalue weighted by Crippen LogP contribution is 2.38. The minimum absolute atomic E-state index is 0.0136. The van der Waals surface area contributed by atoms with Gasteiger partial charge >= 0.3 is 0 Å². The van der Waals surface area contributed by atoms with Crippen molar-refractivity contribution in [1.29, 1.82) is 0 Å². The Morgan fingerprint density at radius 1 is 0.548 bits per heavy atom. The molecule has 3 atom stereocenters. The fourth-order valence-corrected chi connectivity index (χ4v) is 8.94. The average molecular weight is 899 g/mol. The lowest BCUT2D eigenvalue weighted by Gasteiger charge is -2.30. The van der Waals surface area contributed by atoms with E-state index in [0.29, 0.717) is 23.9 Å². The molecule has 0 aliphatic heterocycles. The molecule has 0 aromatic rings. The van der Waals surface area contributed by atoms with Crippen LogP contribution >= 0.6 is 7.82 Å². The number of phosphoric ester groups is 1. The molecule has 0 aliphatic carbocycles. The van der Waals surface area contributed by atoms with Crippen LogP contribution in [-0.4, -0.2) is 68.5 Å². The number of nitrogens with one attached hydrogen (secondary N) is 1. The van der Waals surface area contributed by atoms with Crippen LogP contribution in [0.15, 0.2) is 12.2 Å². The van der Waals surface area contributed by atoms with Gasteiger partial charge in [-0.25, -0.2) is 0 Å². The average Bonchev–Trinajstić information content (AvgIpc) is 3.23. The number of aliphatic hydroxyl groups is 1. The van der Waals surface area contributed by atoms with Crippen molar-refractivity contribution in [1.82, 2.24) is 5.32 Å². The Labute approximate surface area is 386 Å². The topological polar surface area (TPSA) is 108 Å². The Bertz CT molecular complexity index is 1020. The summed E-state index contributed by atoms with van der Waals surface area (Å²) in [7, 11) is 1.31. The highest BCUT2D eigenvalue weighted by Gasteiger charge is 2.24. The van der Waals surface area contributed by atoms with Crippen LogP contribution < -0.4 is 10.2 Å². The minimum atomic E-state index is -4.57. The number of likely N-dealkylation sites (N-methyl/N-ethyl adjacent to an activating group) is 1. The van der Waals surface area contributed by atoms with Gasteiger partial charge in [0.2, 0.25) is 5.91 Å². The molecule has 0 spiro atoms. The molecule has 0 saturated carbocycles. The summed E-state index contributed by atoms with van der Waals surface area (Å²) < 4.78 is 23.4. The summed E-state index contributed by atoms with van der Waals surface area (Å²) in [6.07, 6.45) is 53.7. The predicted octanol–water partition coefficient (Wildman–Crippen LogP) is 15.2. The number of carbonyl (C=O) groups excluding carboxylic acids is 1. The van der Waals surface area contributed by atoms with Gasteiger partial charge in [0.05, 0.1) is 39.9 Å². The Kier molecular flexibility index (Phi) is 44.8. The number of quaternary nitrogens is 1. The van der Waals surface area contributed by atoms with E-state index in [9.17, 15) is 19.4 Å². The van der Waals surface area contributed by atoms with Crippen molar-refractivity contribution in [2.24, 2.45) is 0 Å². The summed E-state index contributed by atoms with van der Waals surface area (Å²) in [5, 5.41) is 14.0. The van der Waals surface area contributed by atoms with Crippen LogP contribution in [0.25, 0.3) is 0 Å². The Morgan fingerprint density at radius 3 is 1.26 bits per heavy atom. The van der Waals surface area contributed by atoms with Crippen LogP contribution in [0.2, 0.25) is 0 Å². The third-order valence-corrected chi connectivity index (χ3v) is 13.5. The van der Waals surface area contributed by atoms with E-state index in [0.717, 1.165) is 38.5 Å². The van der Waals surface area contributed by atoms with Crippen LogP contribution in [-0.2, 0) is 18.4 Å². The zero-order valence-electron chi connectivity index (χ0n) is 42.1. The minimum Gasteiger partial charge on any atom is -0.756 e. The number of nitrogens with zero attached hydrogens (tertiary/aromatic N) is 1. The van der Waals surface area contributed by atoms with Crippen molar-refractivity contribution in [2.45, 2.75) is 283 Å². The van der Waals surface area contributed by atoms with E-state index in [1.165, 1.54) is 205 Å². The zero-order valence-corrected chi connectivity index (χ0v) is 43.0. The molecule has 0 rings (SSSR count). The Balaban J connectivity index is 4.19. The molecule has 2 N–H and O–H groups in total. The van der Waals surface area contributed by atoms with Crippen molar-refractivity contribution in [3.8, 4) is 0 Å². The predicted molar refractivity (Wildman–Crippen MR) is 266 cm³/mol. The van der Waals surface area contributed by atoms with E-state index in [2.05, 4.69) is 31.3 Å². The molecular formula is C53H107N2O6P. The third kappa shape index (κ3) is 47.2. The first kappa shape index (κ1) is 61.2. The normalized spacial score (nSPS) is 14.1. The van der Waals surface area contributed by atoms with E-state index >= 15 is 0 Å². The summed E-state index contributed by atoms with van der Waals surface area (Å²) in [5.41, 5.74) is 0. The smallest absolute Gasteiger partial charge is 0.268 e. The van der Waals surface area contributed by atoms with Gasteiger partial charge in [0, 0.05) is 6.42 Å². The monoisotopic (exact) mass is 899 g/mol. The van der Waals surface area contributed by atoms with Gasteiger partial charge < -0.3 is 28.8 Å². The first-order chi connectivity index (χ1) is 30.0. The van der Waals surface area contributed by atoms with Crippen LogP contribution in [0.4, 0.5) is 0 Å². The van der Waals surface area contributed by atoms with E-state index in [1.807, 2.05) is 21.1 Å². The van der Waals surface area contributed by atoms with E-state index < -0.39 is 20.0 Å². The van der Waals surface area contributed by atoms with Gasteiger partial charge in [-0.15, -0.1) is 0 Å². The molecule has 62 heavy (non-hydrogen) atoms. The van der Waals surface area contributed by atoms with Crippen molar-refractivity contribution in [3.05, 3.63) is 12.2 Å². The Hall–Kier alpha value is -0.760.